The van der Waals surface area contributed by atoms with Gasteiger partial charge in [-0.2, -0.15) is 0 Å². The third-order valence-corrected chi connectivity index (χ3v) is 6.92. The quantitative estimate of drug-likeness (QED) is 0.341. The molecule has 0 amide bonds. The topological polar surface area (TPSA) is 38.8 Å². The molecule has 5 heteroatoms. The van der Waals surface area contributed by atoms with Crippen LogP contribution in [-0.4, -0.2) is 13.1 Å². The maximum atomic E-state index is 13.6. The summed E-state index contributed by atoms with van der Waals surface area (Å²) in [6.45, 7) is 0.227. The largest absolute Gasteiger partial charge is 0.497 e. The zero-order valence-corrected chi connectivity index (χ0v) is 20.5. The lowest BCUT2D eigenvalue weighted by Gasteiger charge is -2.39. The van der Waals surface area contributed by atoms with E-state index in [1.165, 1.54) is 11.3 Å². The molecule has 1 heterocycles. The number of nitrogens with zero attached hydrogens (tertiary/aromatic N) is 1. The van der Waals surface area contributed by atoms with Crippen molar-refractivity contribution < 1.29 is 14.3 Å². The molecule has 1 atom stereocenters. The minimum absolute atomic E-state index is 0.0105. The molecule has 0 N–H and O–H groups in total. The Bertz CT molecular complexity index is 1250. The average Bonchev–Trinajstić information content (AvgIpc) is 2.92. The molecule has 0 fully saturated rings. The SMILES string of the molecule is COc1ccc(N2C(C(=O)OCc3ccccc3)=C[C@H](c3ccc(Cl)cc3)C3=C2CCCC3)cc1. The van der Waals surface area contributed by atoms with Gasteiger partial charge in [0.05, 0.1) is 7.11 Å². The van der Waals surface area contributed by atoms with Crippen LogP contribution in [-0.2, 0) is 16.1 Å². The number of methoxy groups -OCH3 is 1. The summed E-state index contributed by atoms with van der Waals surface area (Å²) in [7, 11) is 1.65. The molecule has 2 aliphatic rings. The lowest BCUT2D eigenvalue weighted by atomic mass is 9.79. The number of ether oxygens (including phenoxy) is 2. The van der Waals surface area contributed by atoms with E-state index in [0.29, 0.717) is 10.7 Å². The van der Waals surface area contributed by atoms with Crippen molar-refractivity contribution >= 4 is 23.3 Å². The number of rotatable bonds is 6. The fourth-order valence-corrected chi connectivity index (χ4v) is 5.06. The number of anilines is 1. The van der Waals surface area contributed by atoms with Gasteiger partial charge in [-0.25, -0.2) is 4.79 Å². The highest BCUT2D eigenvalue weighted by molar-refractivity contribution is 6.30. The summed E-state index contributed by atoms with van der Waals surface area (Å²) in [5.74, 6) is 0.455. The van der Waals surface area contributed by atoms with Crippen LogP contribution >= 0.6 is 11.6 Å². The molecule has 0 radical (unpaired) electrons. The Morgan fingerprint density at radius 1 is 0.943 bits per heavy atom. The molecule has 3 aromatic carbocycles. The molecular weight excluding hydrogens is 458 g/mol. The summed E-state index contributed by atoms with van der Waals surface area (Å²) in [6, 6.07) is 25.6. The average molecular weight is 486 g/mol. The number of allylic oxidation sites excluding steroid dienone is 3. The Morgan fingerprint density at radius 2 is 1.66 bits per heavy atom. The molecule has 0 aromatic heterocycles. The number of benzene rings is 3. The van der Waals surface area contributed by atoms with E-state index >= 15 is 0 Å². The summed E-state index contributed by atoms with van der Waals surface area (Å²) < 4.78 is 11.2. The van der Waals surface area contributed by atoms with Crippen LogP contribution in [0.1, 0.15) is 42.7 Å². The highest BCUT2D eigenvalue weighted by Gasteiger charge is 2.35. The maximum absolute atomic E-state index is 13.6. The summed E-state index contributed by atoms with van der Waals surface area (Å²) in [4.78, 5) is 15.7. The monoisotopic (exact) mass is 485 g/mol. The lowest BCUT2D eigenvalue weighted by Crippen LogP contribution is -2.34. The van der Waals surface area contributed by atoms with Gasteiger partial charge in [-0.3, -0.25) is 0 Å². The van der Waals surface area contributed by atoms with E-state index in [-0.39, 0.29) is 18.5 Å². The maximum Gasteiger partial charge on any atom is 0.355 e. The third kappa shape index (κ3) is 4.98. The van der Waals surface area contributed by atoms with Crippen LogP contribution in [0.2, 0.25) is 5.02 Å². The van der Waals surface area contributed by atoms with Crippen molar-refractivity contribution in [1.82, 2.24) is 0 Å². The molecule has 0 unspecified atom stereocenters. The summed E-state index contributed by atoms with van der Waals surface area (Å²) in [5.41, 5.74) is 6.11. The first-order valence-electron chi connectivity index (χ1n) is 12.0. The number of hydrogen-bond donors (Lipinski definition) is 0. The highest BCUT2D eigenvalue weighted by Crippen LogP contribution is 2.45. The predicted octanol–water partition coefficient (Wildman–Crippen LogP) is 7.41. The fraction of sp³-hybridized carbons (Fsp3) is 0.233. The van der Waals surface area contributed by atoms with Crippen molar-refractivity contribution in [2.24, 2.45) is 0 Å². The molecule has 1 aliphatic carbocycles. The van der Waals surface area contributed by atoms with Gasteiger partial charge in [0.1, 0.15) is 18.1 Å². The highest BCUT2D eigenvalue weighted by atomic mass is 35.5. The van der Waals surface area contributed by atoms with Gasteiger partial charge in [0.25, 0.3) is 0 Å². The molecule has 0 spiro atoms. The summed E-state index contributed by atoms with van der Waals surface area (Å²) in [6.07, 6.45) is 6.20. The van der Waals surface area contributed by atoms with Gasteiger partial charge in [0, 0.05) is 22.3 Å². The standard InChI is InChI=1S/C30H28ClNO3/c1-34-25-17-15-24(16-18-25)32-28-10-6-5-9-26(28)27(22-11-13-23(31)14-12-22)19-29(32)30(33)35-20-21-7-3-2-4-8-21/h2-4,7-8,11-19,27H,5-6,9-10,20H2,1H3/t27-/m1/s1. The number of carbonyl (C=O) groups excluding carboxylic acids is 1. The summed E-state index contributed by atoms with van der Waals surface area (Å²) >= 11 is 6.17. The molecule has 0 bridgehead atoms. The Labute approximate surface area is 211 Å². The zero-order chi connectivity index (χ0) is 24.2. The van der Waals surface area contributed by atoms with E-state index in [0.717, 1.165) is 48.2 Å². The van der Waals surface area contributed by atoms with Gasteiger partial charge in [0.2, 0.25) is 0 Å². The molecule has 1 aliphatic heterocycles. The van der Waals surface area contributed by atoms with Crippen molar-refractivity contribution in [3.8, 4) is 5.75 Å². The zero-order valence-electron chi connectivity index (χ0n) is 19.7. The lowest BCUT2D eigenvalue weighted by molar-refractivity contribution is -0.140. The van der Waals surface area contributed by atoms with E-state index in [4.69, 9.17) is 21.1 Å². The van der Waals surface area contributed by atoms with Gasteiger partial charge in [-0.15, -0.1) is 0 Å². The summed E-state index contributed by atoms with van der Waals surface area (Å²) in [5, 5.41) is 0.703. The second-order valence-electron chi connectivity index (χ2n) is 8.86. The van der Waals surface area contributed by atoms with Gasteiger partial charge in [-0.1, -0.05) is 54.1 Å². The van der Waals surface area contributed by atoms with Crippen molar-refractivity contribution in [1.29, 1.82) is 0 Å². The number of carbonyl (C=O) groups is 1. The Balaban J connectivity index is 1.56. The van der Waals surface area contributed by atoms with Crippen LogP contribution in [0.15, 0.2) is 102 Å². The van der Waals surface area contributed by atoms with E-state index in [1.54, 1.807) is 7.11 Å². The molecule has 4 nitrogen and oxygen atoms in total. The molecule has 5 rings (SSSR count). The van der Waals surface area contributed by atoms with Crippen molar-refractivity contribution in [2.75, 3.05) is 12.0 Å². The van der Waals surface area contributed by atoms with Crippen molar-refractivity contribution in [3.63, 3.8) is 0 Å². The fourth-order valence-electron chi connectivity index (χ4n) is 4.93. The van der Waals surface area contributed by atoms with Crippen LogP contribution in [0.4, 0.5) is 5.69 Å². The second kappa shape index (κ2) is 10.4. The van der Waals surface area contributed by atoms with Crippen LogP contribution in [0.5, 0.6) is 5.75 Å². The van der Waals surface area contributed by atoms with Crippen molar-refractivity contribution in [2.45, 2.75) is 38.2 Å². The molecule has 3 aromatic rings. The normalized spacial score (nSPS) is 17.5. The van der Waals surface area contributed by atoms with Gasteiger partial charge < -0.3 is 14.4 Å². The van der Waals surface area contributed by atoms with Gasteiger partial charge in [-0.05, 0) is 84.9 Å². The van der Waals surface area contributed by atoms with Crippen LogP contribution < -0.4 is 9.64 Å². The van der Waals surface area contributed by atoms with E-state index in [1.807, 2.05) is 66.7 Å². The Morgan fingerprint density at radius 3 is 2.37 bits per heavy atom. The number of hydrogen-bond acceptors (Lipinski definition) is 4. The van der Waals surface area contributed by atoms with E-state index in [2.05, 4.69) is 23.1 Å². The minimum Gasteiger partial charge on any atom is -0.497 e. The molecule has 35 heavy (non-hydrogen) atoms. The molecule has 0 saturated carbocycles. The van der Waals surface area contributed by atoms with Gasteiger partial charge in [0.15, 0.2) is 0 Å². The van der Waals surface area contributed by atoms with Crippen LogP contribution in [0, 0.1) is 0 Å². The Hall–Kier alpha value is -3.50. The molecule has 0 saturated heterocycles. The minimum atomic E-state index is -0.333. The molecular formula is C30H28ClNO3. The van der Waals surface area contributed by atoms with Crippen LogP contribution in [0.3, 0.4) is 0 Å². The van der Waals surface area contributed by atoms with E-state index < -0.39 is 0 Å². The number of esters is 1. The molecule has 178 valence electrons. The first-order valence-corrected chi connectivity index (χ1v) is 12.4. The Kier molecular flexibility index (Phi) is 6.91. The van der Waals surface area contributed by atoms with Gasteiger partial charge >= 0.3 is 5.97 Å². The number of halogens is 1. The van der Waals surface area contributed by atoms with Crippen molar-refractivity contribution in [3.05, 3.63) is 118 Å². The first kappa shape index (κ1) is 23.3. The van der Waals surface area contributed by atoms with Crippen LogP contribution in [0.25, 0.3) is 0 Å². The first-order chi connectivity index (χ1) is 17.1. The predicted molar refractivity (Wildman–Crippen MR) is 139 cm³/mol. The smallest absolute Gasteiger partial charge is 0.355 e. The van der Waals surface area contributed by atoms with E-state index in [9.17, 15) is 4.79 Å². The second-order valence-corrected chi connectivity index (χ2v) is 9.29. The third-order valence-electron chi connectivity index (χ3n) is 6.67.